The zero-order valence-electron chi connectivity index (χ0n) is 9.26. The average Bonchev–Trinajstić information content (AvgIpc) is 2.03. The number of aromatic nitrogens is 1. The summed E-state index contributed by atoms with van der Waals surface area (Å²) in [6, 6.07) is 2.18. The fourth-order valence-electron chi connectivity index (χ4n) is 1.54. The first kappa shape index (κ1) is 11.0. The van der Waals surface area contributed by atoms with Gasteiger partial charge in [0.1, 0.15) is 0 Å². The second kappa shape index (κ2) is 3.99. The normalized spacial score (nSPS) is 12.2. The molecule has 0 radical (unpaired) electrons. The van der Waals surface area contributed by atoms with E-state index in [9.17, 15) is 0 Å². The number of hydrogen-bond donors (Lipinski definition) is 0. The van der Waals surface area contributed by atoms with Crippen LogP contribution in [-0.2, 0) is 0 Å². The van der Waals surface area contributed by atoms with Gasteiger partial charge in [0.15, 0.2) is 0 Å². The summed E-state index contributed by atoms with van der Waals surface area (Å²) in [6.45, 7) is 4.52. The Labute approximate surface area is 85.5 Å². The predicted molar refractivity (Wildman–Crippen MR) is 61.3 cm³/mol. The van der Waals surface area contributed by atoms with Crippen LogP contribution in [0.25, 0.3) is 0 Å². The summed E-state index contributed by atoms with van der Waals surface area (Å²) in [5, 5.41) is 0. The summed E-state index contributed by atoms with van der Waals surface area (Å²) in [5.41, 5.74) is 1.51. The molecule has 0 bridgehead atoms. The molecule has 0 N–H and O–H groups in total. The summed E-state index contributed by atoms with van der Waals surface area (Å²) in [4.78, 5) is 11.6. The molecule has 72 valence electrons. The van der Waals surface area contributed by atoms with Gasteiger partial charge in [-0.3, -0.25) is 0 Å². The fourth-order valence-corrected chi connectivity index (χ4v) is 6.39. The third-order valence-corrected chi connectivity index (χ3v) is 8.09. The van der Waals surface area contributed by atoms with Crippen LogP contribution in [-0.4, -0.2) is 23.4 Å². The summed E-state index contributed by atoms with van der Waals surface area (Å²) in [6.07, 6.45) is 4.00. The van der Waals surface area contributed by atoms with E-state index in [1.165, 1.54) is 5.56 Å². The third-order valence-electron chi connectivity index (χ3n) is 2.28. The maximum absolute atomic E-state index is 4.25. The Bertz CT molecular complexity index is 286. The maximum atomic E-state index is 4.25. The van der Waals surface area contributed by atoms with E-state index in [1.807, 2.05) is 6.20 Å². The number of nitrogens with zero attached hydrogens (tertiary/aromatic N) is 1. The van der Waals surface area contributed by atoms with Crippen LogP contribution < -0.4 is 3.58 Å². The molecular weight excluding hydrogens is 265 g/mol. The Morgan fingerprint density at radius 1 is 1.23 bits per heavy atom. The SMILES string of the molecule is CC(C)c1ccnc[c]1[Sn]([CH3])([CH3])[CH3]. The first-order valence-corrected chi connectivity index (χ1v) is 14.9. The van der Waals surface area contributed by atoms with Crippen molar-refractivity contribution in [2.75, 3.05) is 0 Å². The standard InChI is InChI=1S/C8H10N.3CH3.Sn/c1-7(2)8-3-5-9-6-4-8;;;;/h3,5-7H,1-2H3;3*1H3;. The Balaban J connectivity index is 3.20. The topological polar surface area (TPSA) is 12.9 Å². The number of hydrogen-bond acceptors (Lipinski definition) is 1. The molecular formula is C11H19NSn. The monoisotopic (exact) mass is 285 g/mol. The molecule has 0 unspecified atom stereocenters. The second-order valence-electron chi connectivity index (χ2n) is 4.87. The van der Waals surface area contributed by atoms with Crippen LogP contribution in [0.2, 0.25) is 14.8 Å². The van der Waals surface area contributed by atoms with Crippen LogP contribution in [0, 0.1) is 0 Å². The third kappa shape index (κ3) is 2.69. The number of rotatable bonds is 2. The summed E-state index contributed by atoms with van der Waals surface area (Å²) >= 11 is -1.92. The Hall–Kier alpha value is -0.0513. The first-order chi connectivity index (χ1) is 5.93. The van der Waals surface area contributed by atoms with Gasteiger partial charge in [0, 0.05) is 0 Å². The van der Waals surface area contributed by atoms with Crippen molar-refractivity contribution < 1.29 is 0 Å². The van der Waals surface area contributed by atoms with Gasteiger partial charge >= 0.3 is 85.5 Å². The minimum atomic E-state index is -1.92. The van der Waals surface area contributed by atoms with Crippen LogP contribution in [0.15, 0.2) is 18.5 Å². The summed E-state index contributed by atoms with van der Waals surface area (Å²) in [5.74, 6) is 0.633. The van der Waals surface area contributed by atoms with E-state index < -0.39 is 18.4 Å². The van der Waals surface area contributed by atoms with E-state index in [4.69, 9.17) is 0 Å². The molecule has 0 spiro atoms. The van der Waals surface area contributed by atoms with Crippen molar-refractivity contribution >= 4 is 22.0 Å². The van der Waals surface area contributed by atoms with Gasteiger partial charge in [-0.15, -0.1) is 0 Å². The zero-order chi connectivity index (χ0) is 10.1. The van der Waals surface area contributed by atoms with Crippen LogP contribution in [0.4, 0.5) is 0 Å². The van der Waals surface area contributed by atoms with Crippen molar-refractivity contribution in [3.63, 3.8) is 0 Å². The summed E-state index contributed by atoms with van der Waals surface area (Å²) in [7, 11) is 0. The quantitative estimate of drug-likeness (QED) is 0.761. The summed E-state index contributed by atoms with van der Waals surface area (Å²) < 4.78 is 1.58. The molecule has 0 saturated carbocycles. The minimum absolute atomic E-state index is 0.633. The molecule has 1 nitrogen and oxygen atoms in total. The molecule has 0 saturated heterocycles. The van der Waals surface area contributed by atoms with Gasteiger partial charge in [-0.1, -0.05) is 0 Å². The molecule has 1 heterocycles. The molecule has 0 atom stereocenters. The van der Waals surface area contributed by atoms with Crippen LogP contribution in [0.3, 0.4) is 0 Å². The van der Waals surface area contributed by atoms with E-state index in [2.05, 4.69) is 45.9 Å². The molecule has 0 amide bonds. The average molecular weight is 284 g/mol. The van der Waals surface area contributed by atoms with Gasteiger partial charge in [0.05, 0.1) is 0 Å². The van der Waals surface area contributed by atoms with Gasteiger partial charge in [0.2, 0.25) is 0 Å². The zero-order valence-corrected chi connectivity index (χ0v) is 12.1. The molecule has 2 heteroatoms. The molecule has 1 rings (SSSR count). The molecule has 0 fully saturated rings. The molecule has 0 aromatic carbocycles. The van der Waals surface area contributed by atoms with E-state index >= 15 is 0 Å². The van der Waals surface area contributed by atoms with Crippen LogP contribution in [0.1, 0.15) is 25.3 Å². The molecule has 13 heavy (non-hydrogen) atoms. The van der Waals surface area contributed by atoms with Gasteiger partial charge in [-0.25, -0.2) is 0 Å². The van der Waals surface area contributed by atoms with E-state index in [-0.39, 0.29) is 0 Å². The van der Waals surface area contributed by atoms with Crippen molar-refractivity contribution in [3.05, 3.63) is 24.0 Å². The molecule has 0 aliphatic heterocycles. The van der Waals surface area contributed by atoms with E-state index in [0.29, 0.717) is 5.92 Å². The molecule has 0 aliphatic carbocycles. The van der Waals surface area contributed by atoms with Crippen molar-refractivity contribution in [3.8, 4) is 0 Å². The fraction of sp³-hybridized carbons (Fsp3) is 0.545. The van der Waals surface area contributed by atoms with Gasteiger partial charge in [0.25, 0.3) is 0 Å². The van der Waals surface area contributed by atoms with Crippen molar-refractivity contribution in [2.45, 2.75) is 34.6 Å². The van der Waals surface area contributed by atoms with Crippen molar-refractivity contribution in [2.24, 2.45) is 0 Å². The van der Waals surface area contributed by atoms with Gasteiger partial charge in [-0.05, 0) is 0 Å². The second-order valence-corrected chi connectivity index (χ2v) is 19.2. The Morgan fingerprint density at radius 3 is 2.23 bits per heavy atom. The van der Waals surface area contributed by atoms with E-state index in [0.717, 1.165) is 0 Å². The number of pyridine rings is 1. The van der Waals surface area contributed by atoms with Crippen LogP contribution >= 0.6 is 0 Å². The van der Waals surface area contributed by atoms with Crippen molar-refractivity contribution in [1.82, 2.24) is 4.98 Å². The predicted octanol–water partition coefficient (Wildman–Crippen LogP) is 2.75. The molecule has 1 aromatic heterocycles. The molecule has 0 aliphatic rings. The Kier molecular flexibility index (Phi) is 3.38. The Morgan fingerprint density at radius 2 is 1.85 bits per heavy atom. The van der Waals surface area contributed by atoms with Crippen molar-refractivity contribution in [1.29, 1.82) is 0 Å². The van der Waals surface area contributed by atoms with Crippen LogP contribution in [0.5, 0.6) is 0 Å². The van der Waals surface area contributed by atoms with Gasteiger partial charge < -0.3 is 0 Å². The van der Waals surface area contributed by atoms with Gasteiger partial charge in [-0.2, -0.15) is 0 Å². The molecule has 1 aromatic rings. The van der Waals surface area contributed by atoms with E-state index in [1.54, 1.807) is 3.58 Å². The first-order valence-electron chi connectivity index (χ1n) is 4.87.